The van der Waals surface area contributed by atoms with E-state index in [9.17, 15) is 28.8 Å². The molecule has 3 aromatic rings. The number of fused-ring (bicyclic) bond motifs is 2. The van der Waals surface area contributed by atoms with E-state index in [1.807, 2.05) is 62.6 Å². The van der Waals surface area contributed by atoms with Crippen LogP contribution in [-0.2, 0) is 41.4 Å². The van der Waals surface area contributed by atoms with E-state index in [0.29, 0.717) is 19.3 Å². The number of hydrogen-bond donors (Lipinski definition) is 0. The maximum Gasteiger partial charge on any atom is 0.330 e. The molecule has 0 unspecified atom stereocenters. The number of piperidine rings is 1. The van der Waals surface area contributed by atoms with Gasteiger partial charge < -0.3 is 14.4 Å². The van der Waals surface area contributed by atoms with Crippen molar-refractivity contribution in [3.05, 3.63) is 98.3 Å². The average molecular weight is 562 g/mol. The summed E-state index contributed by atoms with van der Waals surface area (Å²) in [6.45, 7) is 0.759. The van der Waals surface area contributed by atoms with Crippen molar-refractivity contribution in [2.24, 2.45) is 14.1 Å². The number of likely N-dealkylation sites (N-methyl/N-ethyl adjacent to an activating group) is 1. The van der Waals surface area contributed by atoms with Crippen molar-refractivity contribution in [1.29, 1.82) is 0 Å². The number of nitrogens with zero attached hydrogens (tertiary/aromatic N) is 5. The van der Waals surface area contributed by atoms with Gasteiger partial charge in [-0.2, -0.15) is 0 Å². The van der Waals surface area contributed by atoms with Gasteiger partial charge in [0.25, 0.3) is 11.5 Å². The molecule has 0 radical (unpaired) electrons. The van der Waals surface area contributed by atoms with Crippen molar-refractivity contribution in [3.63, 3.8) is 0 Å². The Morgan fingerprint density at radius 1 is 0.634 bits per heavy atom. The van der Waals surface area contributed by atoms with Crippen LogP contribution in [0.4, 0.5) is 5.69 Å². The third-order valence-corrected chi connectivity index (χ3v) is 6.96. The molecule has 11 heteroatoms. The molecular formula is C30H35N5O6. The lowest BCUT2D eigenvalue weighted by Crippen LogP contribution is -2.36. The smallest absolute Gasteiger partial charge is 0.330 e. The van der Waals surface area contributed by atoms with Gasteiger partial charge in [-0.05, 0) is 29.7 Å². The molecule has 3 aliphatic rings. The minimum Gasteiger partial charge on any atom is -0.337 e. The molecule has 11 nitrogen and oxygen atoms in total. The van der Waals surface area contributed by atoms with Gasteiger partial charge in [0, 0.05) is 78.1 Å². The van der Waals surface area contributed by atoms with Crippen molar-refractivity contribution in [2.45, 2.75) is 32.2 Å². The van der Waals surface area contributed by atoms with Crippen LogP contribution in [0.1, 0.15) is 40.7 Å². The Bertz CT molecular complexity index is 1560. The van der Waals surface area contributed by atoms with Gasteiger partial charge in [-0.25, -0.2) is 4.79 Å². The zero-order valence-electron chi connectivity index (χ0n) is 24.0. The summed E-state index contributed by atoms with van der Waals surface area (Å²) in [7, 11) is 8.22. The third kappa shape index (κ3) is 7.44. The van der Waals surface area contributed by atoms with E-state index < -0.39 is 0 Å². The molecule has 0 N–H and O–H groups in total. The van der Waals surface area contributed by atoms with Crippen molar-refractivity contribution in [1.82, 2.24) is 18.9 Å². The van der Waals surface area contributed by atoms with E-state index >= 15 is 0 Å². The molecule has 4 amide bonds. The third-order valence-electron chi connectivity index (χ3n) is 6.96. The number of aryl methyl sites for hydroxylation is 1. The number of para-hydroxylation sites is 1. The Labute approximate surface area is 238 Å². The van der Waals surface area contributed by atoms with Crippen LogP contribution in [0.25, 0.3) is 0 Å². The first kappa shape index (κ1) is 30.7. The first-order chi connectivity index (χ1) is 19.4. The molecule has 1 aromatic heterocycles. The molecule has 2 aromatic carbocycles. The molecule has 1 saturated heterocycles. The Morgan fingerprint density at radius 2 is 1.22 bits per heavy atom. The zero-order chi connectivity index (χ0) is 30.3. The summed E-state index contributed by atoms with van der Waals surface area (Å²) in [6, 6.07) is 17.0. The molecule has 6 rings (SSSR count). The standard InChI is InChI=1S/2C9H9NO.C6H8N2O2.C6H9NO2/c1-10-6-7-4-2-3-5-8(7)9(10)11;1-10-8-5-3-2-4-7(8)6-9(10)11;1-7-4-3-5(9)8(2)6(7)10;1-7-5(8)3-2-4-6(7)9/h2*2-5H,6H2,1H3;3-4H,1-2H3;2-4H2,1H3. The second-order valence-electron chi connectivity index (χ2n) is 9.88. The Kier molecular flexibility index (Phi) is 10.1. The first-order valence-electron chi connectivity index (χ1n) is 13.1. The number of hydrogen-bond acceptors (Lipinski definition) is 6. The van der Waals surface area contributed by atoms with Gasteiger partial charge in [-0.1, -0.05) is 36.4 Å². The number of imide groups is 1. The minimum atomic E-state index is -0.299. The lowest BCUT2D eigenvalue weighted by molar-refractivity contribution is -0.146. The number of anilines is 1. The summed E-state index contributed by atoms with van der Waals surface area (Å²) in [5.41, 5.74) is 3.61. The molecule has 216 valence electrons. The molecule has 0 atom stereocenters. The predicted octanol–water partition coefficient (Wildman–Crippen LogP) is 1.72. The molecule has 4 heterocycles. The first-order valence-corrected chi connectivity index (χ1v) is 13.1. The van der Waals surface area contributed by atoms with Gasteiger partial charge in [0.05, 0.1) is 6.42 Å². The number of benzene rings is 2. The zero-order valence-corrected chi connectivity index (χ0v) is 24.0. The molecule has 0 bridgehead atoms. The van der Waals surface area contributed by atoms with Crippen molar-refractivity contribution < 1.29 is 19.2 Å². The minimum absolute atomic E-state index is 0.0498. The van der Waals surface area contributed by atoms with Crippen molar-refractivity contribution >= 4 is 29.3 Å². The fraction of sp³-hybridized carbons (Fsp3) is 0.333. The summed E-state index contributed by atoms with van der Waals surface area (Å²) < 4.78 is 2.40. The number of rotatable bonds is 0. The highest BCUT2D eigenvalue weighted by Crippen LogP contribution is 2.26. The van der Waals surface area contributed by atoms with E-state index in [-0.39, 0.29) is 34.9 Å². The van der Waals surface area contributed by atoms with E-state index in [4.69, 9.17) is 0 Å². The van der Waals surface area contributed by atoms with Gasteiger partial charge in [0.2, 0.25) is 17.7 Å². The second kappa shape index (κ2) is 13.5. The molecule has 0 spiro atoms. The maximum absolute atomic E-state index is 11.3. The summed E-state index contributed by atoms with van der Waals surface area (Å²) >= 11 is 0. The van der Waals surface area contributed by atoms with Crippen molar-refractivity contribution in [2.75, 3.05) is 26.0 Å². The highest BCUT2D eigenvalue weighted by molar-refractivity contribution is 6.01. The van der Waals surface area contributed by atoms with Crippen LogP contribution >= 0.6 is 0 Å². The number of amides is 4. The van der Waals surface area contributed by atoms with Gasteiger partial charge >= 0.3 is 5.69 Å². The Balaban J connectivity index is 0.000000151. The molecule has 0 aliphatic carbocycles. The highest BCUT2D eigenvalue weighted by Gasteiger charge is 2.23. The summed E-state index contributed by atoms with van der Waals surface area (Å²) in [6.07, 6.45) is 3.80. The summed E-state index contributed by atoms with van der Waals surface area (Å²) in [5.74, 6) is 0.226. The molecule has 41 heavy (non-hydrogen) atoms. The number of aromatic nitrogens is 2. The highest BCUT2D eigenvalue weighted by atomic mass is 16.2. The molecular weight excluding hydrogens is 526 g/mol. The summed E-state index contributed by atoms with van der Waals surface area (Å²) in [5, 5.41) is 0. The monoisotopic (exact) mass is 561 g/mol. The lowest BCUT2D eigenvalue weighted by atomic mass is 10.1. The van der Waals surface area contributed by atoms with E-state index in [0.717, 1.165) is 39.9 Å². The van der Waals surface area contributed by atoms with Crippen LogP contribution in [0.3, 0.4) is 0 Å². The van der Waals surface area contributed by atoms with Crippen LogP contribution in [-0.4, -0.2) is 63.7 Å². The van der Waals surface area contributed by atoms with Crippen LogP contribution < -0.4 is 16.1 Å². The van der Waals surface area contributed by atoms with Crippen molar-refractivity contribution in [3.8, 4) is 0 Å². The van der Waals surface area contributed by atoms with Gasteiger partial charge in [0.15, 0.2) is 0 Å². The normalized spacial score (nSPS) is 15.2. The number of carbonyl (C=O) groups excluding carboxylic acids is 4. The van der Waals surface area contributed by atoms with E-state index in [1.165, 1.54) is 35.8 Å². The number of carbonyl (C=O) groups is 4. The predicted molar refractivity (Wildman–Crippen MR) is 154 cm³/mol. The van der Waals surface area contributed by atoms with E-state index in [1.54, 1.807) is 16.8 Å². The van der Waals surface area contributed by atoms with Gasteiger partial charge in [-0.3, -0.25) is 33.4 Å². The van der Waals surface area contributed by atoms with Crippen LogP contribution in [0.5, 0.6) is 0 Å². The Hall–Kier alpha value is -4.80. The largest absolute Gasteiger partial charge is 0.337 e. The lowest BCUT2D eigenvalue weighted by Gasteiger charge is -2.19. The quantitative estimate of drug-likeness (QED) is 0.385. The van der Waals surface area contributed by atoms with Gasteiger partial charge in [0.1, 0.15) is 0 Å². The second-order valence-corrected chi connectivity index (χ2v) is 9.88. The maximum atomic E-state index is 11.3. The van der Waals surface area contributed by atoms with Crippen LogP contribution in [0.15, 0.2) is 70.4 Å². The van der Waals surface area contributed by atoms with Crippen LogP contribution in [0.2, 0.25) is 0 Å². The molecule has 3 aliphatic heterocycles. The average Bonchev–Trinajstić information content (AvgIpc) is 3.43. The number of likely N-dealkylation sites (tertiary alicyclic amines) is 1. The topological polar surface area (TPSA) is 122 Å². The van der Waals surface area contributed by atoms with Gasteiger partial charge in [-0.15, -0.1) is 0 Å². The SMILES string of the molecule is CN1C(=O)CCCC1=O.CN1C(=O)Cc2ccccc21.CN1Cc2ccccc2C1=O.Cn1ccc(=O)n(C)c1=O. The molecule has 1 fully saturated rings. The van der Waals surface area contributed by atoms with Crippen LogP contribution in [0, 0.1) is 0 Å². The van der Waals surface area contributed by atoms with E-state index in [2.05, 4.69) is 0 Å². The molecule has 0 saturated carbocycles. The fourth-order valence-corrected chi connectivity index (χ4v) is 4.35. The Morgan fingerprint density at radius 3 is 1.78 bits per heavy atom. The fourth-order valence-electron chi connectivity index (χ4n) is 4.35. The summed E-state index contributed by atoms with van der Waals surface area (Å²) in [4.78, 5) is 70.2.